The third kappa shape index (κ3) is 3.69. The Labute approximate surface area is 157 Å². The molecule has 0 bridgehead atoms. The lowest BCUT2D eigenvalue weighted by molar-refractivity contribution is 0.102. The van der Waals surface area contributed by atoms with Crippen molar-refractivity contribution in [3.8, 4) is 0 Å². The zero-order chi connectivity index (χ0) is 17.1. The SMILES string of the molecule is CCOC(=O)N1CCc2nc(NC(=O)c3ccccc3I)sc2C1. The van der Waals surface area contributed by atoms with E-state index in [0.29, 0.717) is 36.8 Å². The normalized spacial score (nSPS) is 13.3. The van der Waals surface area contributed by atoms with Gasteiger partial charge in [0.1, 0.15) is 0 Å². The number of nitrogens with zero attached hydrogens (tertiary/aromatic N) is 2. The van der Waals surface area contributed by atoms with Crippen LogP contribution in [0.25, 0.3) is 0 Å². The first-order valence-electron chi connectivity index (χ1n) is 7.54. The number of halogens is 1. The summed E-state index contributed by atoms with van der Waals surface area (Å²) >= 11 is 3.55. The summed E-state index contributed by atoms with van der Waals surface area (Å²) in [7, 11) is 0. The van der Waals surface area contributed by atoms with Crippen LogP contribution in [0.1, 0.15) is 27.9 Å². The van der Waals surface area contributed by atoms with Crippen LogP contribution in [0.4, 0.5) is 9.93 Å². The molecular formula is C16H16IN3O3S. The van der Waals surface area contributed by atoms with Gasteiger partial charge in [-0.05, 0) is 41.6 Å². The highest BCUT2D eigenvalue weighted by Crippen LogP contribution is 2.29. The molecule has 1 N–H and O–H groups in total. The highest BCUT2D eigenvalue weighted by Gasteiger charge is 2.25. The average molecular weight is 457 g/mol. The van der Waals surface area contributed by atoms with Gasteiger partial charge in [0.15, 0.2) is 5.13 Å². The summed E-state index contributed by atoms with van der Waals surface area (Å²) in [4.78, 5) is 31.4. The molecule has 0 fully saturated rings. The molecule has 1 aliphatic heterocycles. The van der Waals surface area contributed by atoms with Gasteiger partial charge in [-0.15, -0.1) is 0 Å². The number of anilines is 1. The van der Waals surface area contributed by atoms with Crippen molar-refractivity contribution in [2.45, 2.75) is 19.9 Å². The van der Waals surface area contributed by atoms with Crippen LogP contribution < -0.4 is 5.32 Å². The predicted molar refractivity (Wildman–Crippen MR) is 100 cm³/mol. The van der Waals surface area contributed by atoms with Gasteiger partial charge >= 0.3 is 6.09 Å². The quantitative estimate of drug-likeness (QED) is 0.717. The number of nitrogens with one attached hydrogen (secondary N) is 1. The van der Waals surface area contributed by atoms with E-state index in [9.17, 15) is 9.59 Å². The van der Waals surface area contributed by atoms with E-state index in [4.69, 9.17) is 4.74 Å². The molecule has 0 unspecified atom stereocenters. The topological polar surface area (TPSA) is 71.5 Å². The van der Waals surface area contributed by atoms with Crippen molar-refractivity contribution < 1.29 is 14.3 Å². The third-order valence-corrected chi connectivity index (χ3v) is 5.53. The lowest BCUT2D eigenvalue weighted by atomic mass is 10.2. The molecule has 24 heavy (non-hydrogen) atoms. The van der Waals surface area contributed by atoms with Crippen molar-refractivity contribution in [1.29, 1.82) is 0 Å². The van der Waals surface area contributed by atoms with Crippen LogP contribution in [-0.4, -0.2) is 35.0 Å². The maximum Gasteiger partial charge on any atom is 0.410 e. The Morgan fingerprint density at radius 2 is 2.21 bits per heavy atom. The second-order valence-electron chi connectivity index (χ2n) is 5.19. The zero-order valence-corrected chi connectivity index (χ0v) is 16.0. The van der Waals surface area contributed by atoms with Crippen LogP contribution in [0.5, 0.6) is 0 Å². The Bertz CT molecular complexity index is 778. The number of benzene rings is 1. The van der Waals surface area contributed by atoms with Crippen LogP contribution in [0, 0.1) is 3.57 Å². The number of hydrogen-bond donors (Lipinski definition) is 1. The third-order valence-electron chi connectivity index (χ3n) is 3.60. The summed E-state index contributed by atoms with van der Waals surface area (Å²) in [6, 6.07) is 7.40. The van der Waals surface area contributed by atoms with Gasteiger partial charge in [-0.25, -0.2) is 9.78 Å². The van der Waals surface area contributed by atoms with Crippen molar-refractivity contribution in [1.82, 2.24) is 9.88 Å². The molecule has 2 heterocycles. The van der Waals surface area contributed by atoms with Crippen LogP contribution in [0.2, 0.25) is 0 Å². The van der Waals surface area contributed by atoms with E-state index in [1.807, 2.05) is 18.2 Å². The van der Waals surface area contributed by atoms with Gasteiger partial charge in [0.25, 0.3) is 5.91 Å². The first-order valence-corrected chi connectivity index (χ1v) is 9.44. The molecule has 0 saturated heterocycles. The molecule has 0 spiro atoms. The molecule has 1 aliphatic rings. The summed E-state index contributed by atoms with van der Waals surface area (Å²) < 4.78 is 5.93. The van der Waals surface area contributed by atoms with Gasteiger partial charge in [-0.1, -0.05) is 23.5 Å². The maximum atomic E-state index is 12.4. The molecule has 1 aromatic heterocycles. The fourth-order valence-corrected chi connectivity index (χ4v) is 4.08. The van der Waals surface area contributed by atoms with Crippen LogP contribution in [-0.2, 0) is 17.7 Å². The van der Waals surface area contributed by atoms with Gasteiger partial charge in [0.05, 0.1) is 24.4 Å². The van der Waals surface area contributed by atoms with Crippen molar-refractivity contribution in [3.63, 3.8) is 0 Å². The first-order chi connectivity index (χ1) is 11.6. The molecule has 2 aromatic rings. The van der Waals surface area contributed by atoms with Crippen LogP contribution >= 0.6 is 33.9 Å². The summed E-state index contributed by atoms with van der Waals surface area (Å²) in [5.41, 5.74) is 1.57. The molecule has 0 atom stereocenters. The van der Waals surface area contributed by atoms with Gasteiger partial charge in [-0.3, -0.25) is 10.1 Å². The number of aromatic nitrogens is 1. The first kappa shape index (κ1) is 17.2. The van der Waals surface area contributed by atoms with Gasteiger partial charge < -0.3 is 9.64 Å². The summed E-state index contributed by atoms with van der Waals surface area (Å²) in [6.45, 7) is 3.21. The minimum Gasteiger partial charge on any atom is -0.450 e. The van der Waals surface area contributed by atoms with Gasteiger partial charge in [0, 0.05) is 21.4 Å². The maximum absolute atomic E-state index is 12.4. The lowest BCUT2D eigenvalue weighted by Gasteiger charge is -2.24. The summed E-state index contributed by atoms with van der Waals surface area (Å²) in [6.07, 6.45) is 0.365. The summed E-state index contributed by atoms with van der Waals surface area (Å²) in [5.74, 6) is -0.173. The number of fused-ring (bicyclic) bond motifs is 1. The van der Waals surface area contributed by atoms with E-state index in [1.54, 1.807) is 17.9 Å². The van der Waals surface area contributed by atoms with Crippen LogP contribution in [0.3, 0.4) is 0 Å². The van der Waals surface area contributed by atoms with Gasteiger partial charge in [-0.2, -0.15) is 0 Å². The van der Waals surface area contributed by atoms with E-state index < -0.39 is 0 Å². The minimum absolute atomic E-state index is 0.173. The largest absolute Gasteiger partial charge is 0.450 e. The fraction of sp³-hybridized carbons (Fsp3) is 0.312. The molecule has 2 amide bonds. The molecule has 126 valence electrons. The summed E-state index contributed by atoms with van der Waals surface area (Å²) in [5, 5.41) is 3.42. The Balaban J connectivity index is 1.71. The van der Waals surface area contributed by atoms with E-state index in [-0.39, 0.29) is 12.0 Å². The van der Waals surface area contributed by atoms with Crippen molar-refractivity contribution >= 4 is 51.1 Å². The Morgan fingerprint density at radius 3 is 2.96 bits per heavy atom. The van der Waals surface area contributed by atoms with E-state index in [0.717, 1.165) is 14.1 Å². The Hall–Kier alpha value is -1.68. The molecule has 1 aromatic carbocycles. The molecule has 8 heteroatoms. The van der Waals surface area contributed by atoms with E-state index >= 15 is 0 Å². The number of hydrogen-bond acceptors (Lipinski definition) is 5. The number of rotatable bonds is 3. The molecule has 6 nitrogen and oxygen atoms in total. The highest BCUT2D eigenvalue weighted by atomic mass is 127. The van der Waals surface area contributed by atoms with Crippen molar-refractivity contribution in [2.24, 2.45) is 0 Å². The van der Waals surface area contributed by atoms with E-state index in [2.05, 4.69) is 32.9 Å². The number of amides is 2. The minimum atomic E-state index is -0.305. The van der Waals surface area contributed by atoms with Crippen molar-refractivity contribution in [3.05, 3.63) is 44.0 Å². The fourth-order valence-electron chi connectivity index (χ4n) is 2.43. The number of thiazole rings is 1. The highest BCUT2D eigenvalue weighted by molar-refractivity contribution is 14.1. The molecule has 0 saturated carbocycles. The Morgan fingerprint density at radius 1 is 1.42 bits per heavy atom. The monoisotopic (exact) mass is 457 g/mol. The number of carbonyl (C=O) groups excluding carboxylic acids is 2. The number of ether oxygens (including phenoxy) is 1. The molecule has 0 radical (unpaired) electrons. The molecule has 3 rings (SSSR count). The smallest absolute Gasteiger partial charge is 0.410 e. The van der Waals surface area contributed by atoms with Crippen LogP contribution in [0.15, 0.2) is 24.3 Å². The van der Waals surface area contributed by atoms with Crippen molar-refractivity contribution in [2.75, 3.05) is 18.5 Å². The standard InChI is InChI=1S/C16H16IN3O3S/c1-2-23-16(22)20-8-7-12-13(9-20)24-15(18-12)19-14(21)10-5-3-4-6-11(10)17/h3-6H,2,7-9H2,1H3,(H,18,19,21). The van der Waals surface area contributed by atoms with Gasteiger partial charge in [0.2, 0.25) is 0 Å². The molecular weight excluding hydrogens is 441 g/mol. The average Bonchev–Trinajstić information content (AvgIpc) is 2.96. The predicted octanol–water partition coefficient (Wildman–Crippen LogP) is 3.51. The Kier molecular flexibility index (Phi) is 5.34. The second-order valence-corrected chi connectivity index (χ2v) is 7.44. The lowest BCUT2D eigenvalue weighted by Crippen LogP contribution is -2.35. The zero-order valence-electron chi connectivity index (χ0n) is 13.0. The second kappa shape index (κ2) is 7.47. The molecule has 0 aliphatic carbocycles. The number of carbonyl (C=O) groups is 2. The van der Waals surface area contributed by atoms with E-state index in [1.165, 1.54) is 11.3 Å².